The zero-order valence-electron chi connectivity index (χ0n) is 11.8. The van der Waals surface area contributed by atoms with Crippen molar-refractivity contribution in [3.05, 3.63) is 23.8 Å². The Morgan fingerprint density at radius 1 is 1.20 bits per heavy atom. The number of rotatable bonds is 2. The van der Waals surface area contributed by atoms with Crippen molar-refractivity contribution in [1.82, 2.24) is 0 Å². The Balaban J connectivity index is 0. The molecule has 0 amide bonds. The molecular formula is C15H30. The monoisotopic (exact) mass is 210 g/mol. The molecule has 0 N–H and O–H groups in total. The Morgan fingerprint density at radius 3 is 1.93 bits per heavy atom. The molecule has 90 valence electrons. The SMILES string of the molecule is CC.CC1=CC(CC(C)C)C=C1.CCC. The molecule has 0 aromatic carbocycles. The molecule has 1 atom stereocenters. The van der Waals surface area contributed by atoms with Gasteiger partial charge in [-0.15, -0.1) is 0 Å². The van der Waals surface area contributed by atoms with E-state index in [0.29, 0.717) is 0 Å². The lowest BCUT2D eigenvalue weighted by Gasteiger charge is -2.07. The van der Waals surface area contributed by atoms with Crippen LogP contribution in [0.3, 0.4) is 0 Å². The van der Waals surface area contributed by atoms with Crippen LogP contribution in [0.4, 0.5) is 0 Å². The predicted molar refractivity (Wildman–Crippen MR) is 73.2 cm³/mol. The second-order valence-corrected chi connectivity index (χ2v) is 4.27. The molecule has 0 aromatic rings. The molecule has 0 saturated carbocycles. The van der Waals surface area contributed by atoms with Crippen LogP contribution in [0.5, 0.6) is 0 Å². The van der Waals surface area contributed by atoms with E-state index in [1.54, 1.807) is 0 Å². The predicted octanol–water partition coefficient (Wildman–Crippen LogP) is 5.61. The number of allylic oxidation sites excluding steroid dienone is 4. The minimum atomic E-state index is 0.722. The van der Waals surface area contributed by atoms with Gasteiger partial charge in [0.2, 0.25) is 0 Å². The van der Waals surface area contributed by atoms with Crippen LogP contribution in [0.1, 0.15) is 61.3 Å². The van der Waals surface area contributed by atoms with Gasteiger partial charge in [0.15, 0.2) is 0 Å². The lowest BCUT2D eigenvalue weighted by Crippen LogP contribution is -1.95. The van der Waals surface area contributed by atoms with Crippen molar-refractivity contribution in [1.29, 1.82) is 0 Å². The molecular weight excluding hydrogens is 180 g/mol. The highest BCUT2D eigenvalue weighted by molar-refractivity contribution is 5.26. The van der Waals surface area contributed by atoms with Crippen molar-refractivity contribution in [2.45, 2.75) is 61.3 Å². The highest BCUT2D eigenvalue weighted by Gasteiger charge is 2.07. The van der Waals surface area contributed by atoms with Crippen molar-refractivity contribution >= 4 is 0 Å². The van der Waals surface area contributed by atoms with Gasteiger partial charge in [-0.25, -0.2) is 0 Å². The summed E-state index contributed by atoms with van der Waals surface area (Å²) in [5.41, 5.74) is 1.42. The third-order valence-corrected chi connectivity index (χ3v) is 1.83. The molecule has 0 saturated heterocycles. The fourth-order valence-electron chi connectivity index (χ4n) is 1.42. The summed E-state index contributed by atoms with van der Waals surface area (Å²) in [6.45, 7) is 15.0. The minimum absolute atomic E-state index is 0.722. The van der Waals surface area contributed by atoms with E-state index in [1.165, 1.54) is 18.4 Å². The molecule has 0 heterocycles. The van der Waals surface area contributed by atoms with Crippen LogP contribution in [0.15, 0.2) is 23.8 Å². The fourth-order valence-corrected chi connectivity index (χ4v) is 1.42. The maximum atomic E-state index is 2.35. The summed E-state index contributed by atoms with van der Waals surface area (Å²) in [5.74, 6) is 1.54. The van der Waals surface area contributed by atoms with Crippen LogP contribution in [0.2, 0.25) is 0 Å². The van der Waals surface area contributed by atoms with Crippen LogP contribution < -0.4 is 0 Å². The Labute approximate surface area is 97.5 Å². The van der Waals surface area contributed by atoms with Crippen molar-refractivity contribution in [3.8, 4) is 0 Å². The molecule has 1 unspecified atom stereocenters. The van der Waals surface area contributed by atoms with E-state index >= 15 is 0 Å². The Kier molecular flexibility index (Phi) is 13.0. The van der Waals surface area contributed by atoms with Crippen molar-refractivity contribution in [2.24, 2.45) is 11.8 Å². The zero-order chi connectivity index (χ0) is 12.3. The van der Waals surface area contributed by atoms with E-state index in [1.807, 2.05) is 13.8 Å². The summed E-state index contributed by atoms with van der Waals surface area (Å²) in [7, 11) is 0. The Hall–Kier alpha value is -0.520. The molecule has 1 aliphatic rings. The summed E-state index contributed by atoms with van der Waals surface area (Å²) in [6.07, 6.45) is 9.41. The number of hydrogen-bond acceptors (Lipinski definition) is 0. The molecule has 0 radical (unpaired) electrons. The minimum Gasteiger partial charge on any atom is -0.0773 e. The van der Waals surface area contributed by atoms with Gasteiger partial charge in [-0.2, -0.15) is 0 Å². The summed E-state index contributed by atoms with van der Waals surface area (Å²) in [6, 6.07) is 0. The third kappa shape index (κ3) is 11.4. The van der Waals surface area contributed by atoms with Crippen LogP contribution in [0.25, 0.3) is 0 Å². The average molecular weight is 210 g/mol. The molecule has 0 heteroatoms. The van der Waals surface area contributed by atoms with Gasteiger partial charge in [-0.3, -0.25) is 0 Å². The van der Waals surface area contributed by atoms with Crippen LogP contribution in [-0.4, -0.2) is 0 Å². The largest absolute Gasteiger partial charge is 0.0773 e. The topological polar surface area (TPSA) is 0 Å². The second-order valence-electron chi connectivity index (χ2n) is 4.27. The molecule has 0 nitrogen and oxygen atoms in total. The first kappa shape index (κ1) is 16.9. The van der Waals surface area contributed by atoms with Crippen LogP contribution in [-0.2, 0) is 0 Å². The van der Waals surface area contributed by atoms with Gasteiger partial charge in [0.25, 0.3) is 0 Å². The number of hydrogen-bond donors (Lipinski definition) is 0. The first-order valence-electron chi connectivity index (χ1n) is 6.46. The highest BCUT2D eigenvalue weighted by atomic mass is 14.1. The molecule has 1 rings (SSSR count). The van der Waals surface area contributed by atoms with Gasteiger partial charge in [-0.1, -0.05) is 71.8 Å². The molecule has 15 heavy (non-hydrogen) atoms. The van der Waals surface area contributed by atoms with Crippen LogP contribution >= 0.6 is 0 Å². The Bertz CT molecular complexity index is 172. The first-order chi connectivity index (χ1) is 7.10. The van der Waals surface area contributed by atoms with Gasteiger partial charge in [0.05, 0.1) is 0 Å². The second kappa shape index (κ2) is 11.6. The lowest BCUT2D eigenvalue weighted by atomic mass is 9.99. The van der Waals surface area contributed by atoms with Crippen molar-refractivity contribution < 1.29 is 0 Å². The van der Waals surface area contributed by atoms with Gasteiger partial charge in [0.1, 0.15) is 0 Å². The van der Waals surface area contributed by atoms with Gasteiger partial charge >= 0.3 is 0 Å². The maximum Gasteiger partial charge on any atom is -0.00421 e. The molecule has 0 aliphatic heterocycles. The van der Waals surface area contributed by atoms with Gasteiger partial charge in [-0.05, 0) is 25.2 Å². The zero-order valence-corrected chi connectivity index (χ0v) is 11.8. The van der Waals surface area contributed by atoms with Crippen molar-refractivity contribution in [3.63, 3.8) is 0 Å². The van der Waals surface area contributed by atoms with Crippen molar-refractivity contribution in [2.75, 3.05) is 0 Å². The maximum absolute atomic E-state index is 2.35. The molecule has 0 aromatic heterocycles. The lowest BCUT2D eigenvalue weighted by molar-refractivity contribution is 0.535. The highest BCUT2D eigenvalue weighted by Crippen LogP contribution is 2.21. The van der Waals surface area contributed by atoms with Gasteiger partial charge < -0.3 is 0 Å². The van der Waals surface area contributed by atoms with Crippen LogP contribution in [0, 0.1) is 11.8 Å². The first-order valence-corrected chi connectivity index (χ1v) is 6.46. The van der Waals surface area contributed by atoms with E-state index in [9.17, 15) is 0 Å². The van der Waals surface area contributed by atoms with E-state index in [2.05, 4.69) is 52.8 Å². The van der Waals surface area contributed by atoms with E-state index in [0.717, 1.165) is 11.8 Å². The normalized spacial score (nSPS) is 17.6. The summed E-state index contributed by atoms with van der Waals surface area (Å²) < 4.78 is 0. The molecule has 0 bridgehead atoms. The molecule has 1 aliphatic carbocycles. The smallest absolute Gasteiger partial charge is 0.00421 e. The van der Waals surface area contributed by atoms with Gasteiger partial charge in [0, 0.05) is 0 Å². The average Bonchev–Trinajstić information content (AvgIpc) is 2.55. The fraction of sp³-hybridized carbons (Fsp3) is 0.733. The van der Waals surface area contributed by atoms with E-state index < -0.39 is 0 Å². The molecule has 0 fully saturated rings. The van der Waals surface area contributed by atoms with E-state index in [4.69, 9.17) is 0 Å². The Morgan fingerprint density at radius 2 is 1.67 bits per heavy atom. The quantitative estimate of drug-likeness (QED) is 0.556. The standard InChI is InChI=1S/C10H16.C3H8.C2H6/c1-8(2)6-10-5-4-9(3)7-10;1-3-2;1-2/h4-5,7-8,10H,6H2,1-3H3;3H2,1-2H3;1-2H3. The summed E-state index contributed by atoms with van der Waals surface area (Å²) in [4.78, 5) is 0. The van der Waals surface area contributed by atoms with E-state index in [-0.39, 0.29) is 0 Å². The summed E-state index contributed by atoms with van der Waals surface area (Å²) in [5, 5.41) is 0. The summed E-state index contributed by atoms with van der Waals surface area (Å²) >= 11 is 0. The molecule has 0 spiro atoms. The third-order valence-electron chi connectivity index (χ3n) is 1.83.